The summed E-state index contributed by atoms with van der Waals surface area (Å²) >= 11 is 0. The Hall–Kier alpha value is -1.96. The Balaban J connectivity index is 2.33. The van der Waals surface area contributed by atoms with Gasteiger partial charge >= 0.3 is 0 Å². The Morgan fingerprint density at radius 3 is 1.70 bits per heavy atom. The molecule has 0 heterocycles. The highest BCUT2D eigenvalue weighted by atomic mass is 16.5. The molecule has 0 spiro atoms. The number of rotatable bonds is 7. The normalized spacial score (nSPS) is 12.4. The van der Waals surface area contributed by atoms with Crippen molar-refractivity contribution in [3.05, 3.63) is 58.7 Å². The van der Waals surface area contributed by atoms with Crippen molar-refractivity contribution in [2.75, 3.05) is 0 Å². The summed E-state index contributed by atoms with van der Waals surface area (Å²) in [5.41, 5.74) is 4.70. The fourth-order valence-electron chi connectivity index (χ4n) is 3.11. The molecule has 0 bridgehead atoms. The highest BCUT2D eigenvalue weighted by Crippen LogP contribution is 2.36. The first-order valence-corrected chi connectivity index (χ1v) is 10.0. The van der Waals surface area contributed by atoms with Crippen molar-refractivity contribution >= 4 is 0 Å². The summed E-state index contributed by atoms with van der Waals surface area (Å²) < 4.78 is 12.1. The fraction of sp³-hybridized carbons (Fsp3) is 0.520. The van der Waals surface area contributed by atoms with Crippen molar-refractivity contribution in [2.24, 2.45) is 0 Å². The molecule has 2 aromatic carbocycles. The van der Waals surface area contributed by atoms with Gasteiger partial charge in [-0.1, -0.05) is 45.0 Å². The summed E-state index contributed by atoms with van der Waals surface area (Å²) in [5, 5.41) is 0. The third kappa shape index (κ3) is 5.06. The van der Waals surface area contributed by atoms with Crippen LogP contribution in [0.25, 0.3) is 0 Å². The Bertz CT molecular complexity index is 785. The van der Waals surface area contributed by atoms with Gasteiger partial charge < -0.3 is 9.47 Å². The molecular formula is C25H36O2. The van der Waals surface area contributed by atoms with E-state index in [0.717, 1.165) is 17.9 Å². The lowest BCUT2D eigenvalue weighted by molar-refractivity contribution is 0.104. The van der Waals surface area contributed by atoms with E-state index < -0.39 is 0 Å². The Morgan fingerprint density at radius 1 is 0.815 bits per heavy atom. The van der Waals surface area contributed by atoms with Crippen LogP contribution in [0.3, 0.4) is 0 Å². The van der Waals surface area contributed by atoms with E-state index in [0.29, 0.717) is 0 Å². The quantitative estimate of drug-likeness (QED) is 0.524. The Kier molecular flexibility index (Phi) is 6.29. The van der Waals surface area contributed by atoms with Crippen molar-refractivity contribution in [3.8, 4) is 11.5 Å². The smallest absolute Gasteiger partial charge is 0.123 e. The van der Waals surface area contributed by atoms with E-state index in [9.17, 15) is 0 Å². The second-order valence-corrected chi connectivity index (χ2v) is 8.97. The van der Waals surface area contributed by atoms with E-state index in [4.69, 9.17) is 9.47 Å². The molecule has 2 heteroatoms. The summed E-state index contributed by atoms with van der Waals surface area (Å²) in [4.78, 5) is 0. The van der Waals surface area contributed by atoms with Crippen molar-refractivity contribution in [1.82, 2.24) is 0 Å². The highest BCUT2D eigenvalue weighted by molar-refractivity contribution is 5.47. The van der Waals surface area contributed by atoms with Crippen LogP contribution in [0.2, 0.25) is 0 Å². The minimum atomic E-state index is -0.148. The highest BCUT2D eigenvalue weighted by Gasteiger charge is 2.25. The molecule has 0 saturated heterocycles. The van der Waals surface area contributed by atoms with Gasteiger partial charge in [-0.15, -0.1) is 0 Å². The Morgan fingerprint density at radius 2 is 1.30 bits per heavy atom. The second kappa shape index (κ2) is 7.96. The maximum absolute atomic E-state index is 6.21. The summed E-state index contributed by atoms with van der Waals surface area (Å²) in [5.74, 6) is 1.93. The summed E-state index contributed by atoms with van der Waals surface area (Å²) in [6.07, 6.45) is 1.16. The molecule has 0 unspecified atom stereocenters. The predicted octanol–water partition coefficient (Wildman–Crippen LogP) is 6.98. The number of ether oxygens (including phenoxy) is 2. The van der Waals surface area contributed by atoms with E-state index in [1.807, 2.05) is 0 Å². The lowest BCUT2D eigenvalue weighted by Gasteiger charge is -2.30. The predicted molar refractivity (Wildman–Crippen MR) is 115 cm³/mol. The SMILES string of the molecule is CCC(C)(C)Oc1ccc(C(C)(C)c2ccc(OC(C)C)c(C)c2)cc1C. The molecule has 0 radical (unpaired) electrons. The third-order valence-corrected chi connectivity index (χ3v) is 5.39. The summed E-state index contributed by atoms with van der Waals surface area (Å²) in [7, 11) is 0. The lowest BCUT2D eigenvalue weighted by Crippen LogP contribution is -2.27. The van der Waals surface area contributed by atoms with Gasteiger partial charge in [-0.3, -0.25) is 0 Å². The average molecular weight is 369 g/mol. The molecule has 0 N–H and O–H groups in total. The van der Waals surface area contributed by atoms with Gasteiger partial charge in [-0.05, 0) is 82.3 Å². The van der Waals surface area contributed by atoms with Gasteiger partial charge in [0, 0.05) is 5.41 Å². The number of aryl methyl sites for hydroxylation is 2. The molecule has 0 aromatic heterocycles. The molecule has 2 nitrogen and oxygen atoms in total. The van der Waals surface area contributed by atoms with Crippen LogP contribution in [-0.4, -0.2) is 11.7 Å². The molecule has 0 fully saturated rings. The minimum Gasteiger partial charge on any atom is -0.491 e. The molecule has 0 aliphatic carbocycles. The first-order chi connectivity index (χ1) is 12.5. The van der Waals surface area contributed by atoms with Gasteiger partial charge in [0.25, 0.3) is 0 Å². The van der Waals surface area contributed by atoms with Gasteiger partial charge in [-0.2, -0.15) is 0 Å². The summed E-state index contributed by atoms with van der Waals surface area (Å²) in [6, 6.07) is 13.1. The van der Waals surface area contributed by atoms with Crippen LogP contribution in [-0.2, 0) is 5.41 Å². The maximum atomic E-state index is 6.21. The first kappa shape index (κ1) is 21.3. The van der Waals surface area contributed by atoms with Gasteiger partial charge in [0.2, 0.25) is 0 Å². The largest absolute Gasteiger partial charge is 0.491 e. The topological polar surface area (TPSA) is 18.5 Å². The van der Waals surface area contributed by atoms with Crippen LogP contribution >= 0.6 is 0 Å². The molecule has 0 amide bonds. The number of benzene rings is 2. The molecule has 2 rings (SSSR count). The van der Waals surface area contributed by atoms with Gasteiger partial charge in [-0.25, -0.2) is 0 Å². The minimum absolute atomic E-state index is 0.0926. The van der Waals surface area contributed by atoms with E-state index in [1.54, 1.807) is 0 Å². The average Bonchev–Trinajstić information content (AvgIpc) is 2.57. The van der Waals surface area contributed by atoms with Crippen LogP contribution in [0.1, 0.15) is 77.1 Å². The molecule has 0 aliphatic rings. The van der Waals surface area contributed by atoms with Crippen molar-refractivity contribution in [1.29, 1.82) is 0 Å². The van der Waals surface area contributed by atoms with Crippen LogP contribution in [0.15, 0.2) is 36.4 Å². The summed E-state index contributed by atoms with van der Waals surface area (Å²) in [6.45, 7) is 19.3. The van der Waals surface area contributed by atoms with Gasteiger partial charge in [0.15, 0.2) is 0 Å². The number of hydrogen-bond donors (Lipinski definition) is 0. The van der Waals surface area contributed by atoms with Crippen molar-refractivity contribution in [3.63, 3.8) is 0 Å². The van der Waals surface area contributed by atoms with Crippen molar-refractivity contribution < 1.29 is 9.47 Å². The zero-order valence-corrected chi connectivity index (χ0v) is 18.6. The van der Waals surface area contributed by atoms with E-state index in [2.05, 4.69) is 98.7 Å². The van der Waals surface area contributed by atoms with Gasteiger partial charge in [0.1, 0.15) is 17.1 Å². The molecule has 0 saturated carbocycles. The van der Waals surface area contributed by atoms with E-state index in [-0.39, 0.29) is 17.1 Å². The first-order valence-electron chi connectivity index (χ1n) is 10.0. The van der Waals surface area contributed by atoms with Gasteiger partial charge in [0.05, 0.1) is 6.10 Å². The van der Waals surface area contributed by atoms with Crippen LogP contribution in [0, 0.1) is 13.8 Å². The second-order valence-electron chi connectivity index (χ2n) is 8.97. The number of hydrogen-bond acceptors (Lipinski definition) is 2. The molecular weight excluding hydrogens is 332 g/mol. The zero-order chi connectivity index (χ0) is 20.4. The fourth-order valence-corrected chi connectivity index (χ4v) is 3.11. The van der Waals surface area contributed by atoms with Crippen molar-refractivity contribution in [2.45, 2.75) is 85.9 Å². The van der Waals surface area contributed by atoms with Crippen LogP contribution in [0.4, 0.5) is 0 Å². The zero-order valence-electron chi connectivity index (χ0n) is 18.6. The molecule has 0 atom stereocenters. The lowest BCUT2D eigenvalue weighted by atomic mass is 9.77. The van der Waals surface area contributed by atoms with Crippen LogP contribution in [0.5, 0.6) is 11.5 Å². The standard InChI is InChI=1S/C25H36O2/c1-10-24(6,7)27-23-14-12-21(16-19(23)5)25(8,9)20-11-13-22(18(4)15-20)26-17(2)3/h11-17H,10H2,1-9H3. The monoisotopic (exact) mass is 368 g/mol. The van der Waals surface area contributed by atoms with Crippen LogP contribution < -0.4 is 9.47 Å². The van der Waals surface area contributed by atoms with E-state index in [1.165, 1.54) is 22.3 Å². The Labute approximate surface area is 165 Å². The third-order valence-electron chi connectivity index (χ3n) is 5.39. The molecule has 148 valence electrons. The molecule has 2 aromatic rings. The van der Waals surface area contributed by atoms with E-state index >= 15 is 0 Å². The maximum Gasteiger partial charge on any atom is 0.123 e. The molecule has 0 aliphatic heterocycles. The molecule has 27 heavy (non-hydrogen) atoms.